The fourth-order valence-electron chi connectivity index (χ4n) is 4.08. The first-order valence-electron chi connectivity index (χ1n) is 11.7. The highest BCUT2D eigenvalue weighted by Gasteiger charge is 2.38. The number of aromatic nitrogens is 2. The molecule has 0 bridgehead atoms. The molecule has 1 fully saturated rings. The van der Waals surface area contributed by atoms with E-state index in [1.165, 1.54) is 6.20 Å². The number of rotatable bonds is 5. The first-order chi connectivity index (χ1) is 18.0. The monoisotopic (exact) mass is 531 g/mol. The van der Waals surface area contributed by atoms with Crippen LogP contribution in [-0.4, -0.2) is 51.7 Å². The number of anilines is 2. The van der Waals surface area contributed by atoms with Gasteiger partial charge in [0.15, 0.2) is 0 Å². The predicted octanol–water partition coefficient (Wildman–Crippen LogP) is 3.63. The van der Waals surface area contributed by atoms with E-state index < -0.39 is 18.1 Å². The fourth-order valence-corrected chi connectivity index (χ4v) is 4.08. The van der Waals surface area contributed by atoms with Gasteiger partial charge in [0.2, 0.25) is 0 Å². The topological polar surface area (TPSA) is 157 Å². The van der Waals surface area contributed by atoms with Crippen LogP contribution in [0.25, 0.3) is 10.9 Å². The number of nitrogens with zero attached hydrogens (tertiary/aromatic N) is 2. The number of carbonyl (C=O) groups excluding carboxylic acids is 2. The van der Waals surface area contributed by atoms with Gasteiger partial charge in [0.1, 0.15) is 11.4 Å². The molecule has 5 rings (SSSR count). The van der Waals surface area contributed by atoms with Gasteiger partial charge in [-0.1, -0.05) is 6.07 Å². The van der Waals surface area contributed by atoms with Crippen molar-refractivity contribution >= 4 is 40.1 Å². The lowest BCUT2D eigenvalue weighted by Crippen LogP contribution is -2.39. The first kappa shape index (κ1) is 26.6. The number of carboxylic acids is 1. The number of aryl methyl sites for hydroxylation is 1. The Labute approximate surface area is 214 Å². The number of ether oxygens (including phenoxy) is 1. The third-order valence-electron chi connectivity index (χ3n) is 6.21. The van der Waals surface area contributed by atoms with E-state index in [0.717, 1.165) is 42.7 Å². The lowest BCUT2D eigenvalue weighted by atomic mass is 9.93. The highest BCUT2D eigenvalue weighted by molar-refractivity contribution is 6.09. The molecule has 2 amide bonds. The number of aliphatic carboxylic acids is 1. The van der Waals surface area contributed by atoms with Gasteiger partial charge < -0.3 is 26.2 Å². The summed E-state index contributed by atoms with van der Waals surface area (Å²) in [4.78, 5) is 42.7. The van der Waals surface area contributed by atoms with E-state index in [2.05, 4.69) is 20.6 Å². The van der Waals surface area contributed by atoms with E-state index in [-0.39, 0.29) is 17.5 Å². The van der Waals surface area contributed by atoms with Gasteiger partial charge in [-0.3, -0.25) is 14.6 Å². The number of fused-ring (bicyclic) bond motifs is 2. The van der Waals surface area contributed by atoms with Crippen molar-refractivity contribution in [2.24, 2.45) is 5.73 Å². The number of benzene rings is 1. The van der Waals surface area contributed by atoms with Gasteiger partial charge in [0, 0.05) is 35.3 Å². The van der Waals surface area contributed by atoms with Crippen molar-refractivity contribution in [2.45, 2.75) is 44.8 Å². The Kier molecular flexibility index (Phi) is 7.37. The number of hydrogen-bond acceptors (Lipinski definition) is 7. The molecule has 1 saturated carbocycles. The lowest BCUT2D eigenvalue weighted by molar-refractivity contribution is -0.192. The zero-order valence-corrected chi connectivity index (χ0v) is 20.2. The Morgan fingerprint density at radius 3 is 2.53 bits per heavy atom. The predicted molar refractivity (Wildman–Crippen MR) is 131 cm³/mol. The molecule has 1 aliphatic carbocycles. The molecule has 13 heteroatoms. The molecule has 38 heavy (non-hydrogen) atoms. The molecule has 0 atom stereocenters. The summed E-state index contributed by atoms with van der Waals surface area (Å²) in [5, 5.41) is 14.1. The molecule has 3 heterocycles. The SMILES string of the molecule is Cc1nc(C(=O)NC2CCC2)cc2c(Nc3cccc4c3CCO4)c(C(N)=O)cnc12.O=C(O)C(F)(F)F. The number of nitrogens with two attached hydrogens (primary N) is 1. The Balaban J connectivity index is 0.000000426. The summed E-state index contributed by atoms with van der Waals surface area (Å²) in [6.07, 6.45) is 0.234. The van der Waals surface area contributed by atoms with Crippen molar-refractivity contribution in [3.63, 3.8) is 0 Å². The van der Waals surface area contributed by atoms with E-state index >= 15 is 0 Å². The molecular formula is C25H24F3N5O5. The van der Waals surface area contributed by atoms with Crippen molar-refractivity contribution in [3.8, 4) is 5.75 Å². The number of carbonyl (C=O) groups is 3. The quantitative estimate of drug-likeness (QED) is 0.389. The molecule has 1 aromatic carbocycles. The smallest absolute Gasteiger partial charge is 0.490 e. The number of nitrogens with one attached hydrogen (secondary N) is 2. The Morgan fingerprint density at radius 2 is 1.92 bits per heavy atom. The molecular weight excluding hydrogens is 507 g/mol. The number of halogens is 3. The highest BCUT2D eigenvalue weighted by atomic mass is 19.4. The van der Waals surface area contributed by atoms with Crippen molar-refractivity contribution in [1.82, 2.24) is 15.3 Å². The van der Waals surface area contributed by atoms with Crippen LogP contribution in [-0.2, 0) is 11.2 Å². The maximum absolute atomic E-state index is 12.8. The second kappa shape index (κ2) is 10.5. The van der Waals surface area contributed by atoms with Crippen molar-refractivity contribution in [1.29, 1.82) is 0 Å². The van der Waals surface area contributed by atoms with E-state index in [0.29, 0.717) is 34.6 Å². The Bertz CT molecular complexity index is 1420. The molecule has 0 radical (unpaired) electrons. The number of alkyl halides is 3. The van der Waals surface area contributed by atoms with Gasteiger partial charge in [-0.2, -0.15) is 13.2 Å². The molecule has 0 saturated heterocycles. The van der Waals surface area contributed by atoms with Crippen LogP contribution < -0.4 is 21.1 Å². The molecule has 1 aliphatic heterocycles. The van der Waals surface area contributed by atoms with Gasteiger partial charge in [-0.25, -0.2) is 9.78 Å². The number of amides is 2. The van der Waals surface area contributed by atoms with E-state index in [9.17, 15) is 22.8 Å². The largest absolute Gasteiger partial charge is 0.493 e. The van der Waals surface area contributed by atoms with E-state index in [4.69, 9.17) is 20.4 Å². The van der Waals surface area contributed by atoms with Gasteiger partial charge >= 0.3 is 12.1 Å². The van der Waals surface area contributed by atoms with Crippen LogP contribution in [0.1, 0.15) is 51.4 Å². The maximum Gasteiger partial charge on any atom is 0.490 e. The summed E-state index contributed by atoms with van der Waals surface area (Å²) in [7, 11) is 0. The summed E-state index contributed by atoms with van der Waals surface area (Å²) >= 11 is 0. The van der Waals surface area contributed by atoms with Crippen LogP contribution in [0.3, 0.4) is 0 Å². The second-order valence-corrected chi connectivity index (χ2v) is 8.81. The molecule has 0 spiro atoms. The van der Waals surface area contributed by atoms with Crippen LogP contribution in [0.4, 0.5) is 24.5 Å². The summed E-state index contributed by atoms with van der Waals surface area (Å²) in [5.74, 6) is -2.76. The average Bonchev–Trinajstić information content (AvgIpc) is 3.31. The van der Waals surface area contributed by atoms with Crippen molar-refractivity contribution < 1.29 is 37.4 Å². The summed E-state index contributed by atoms with van der Waals surface area (Å²) < 4.78 is 37.4. The molecule has 10 nitrogen and oxygen atoms in total. The van der Waals surface area contributed by atoms with Crippen LogP contribution in [0.15, 0.2) is 30.5 Å². The second-order valence-electron chi connectivity index (χ2n) is 8.81. The number of pyridine rings is 2. The minimum Gasteiger partial charge on any atom is -0.493 e. The van der Waals surface area contributed by atoms with Crippen LogP contribution in [0.2, 0.25) is 0 Å². The lowest BCUT2D eigenvalue weighted by Gasteiger charge is -2.26. The van der Waals surface area contributed by atoms with Gasteiger partial charge in [-0.05, 0) is 44.4 Å². The zero-order chi connectivity index (χ0) is 27.6. The Hall–Kier alpha value is -4.42. The minimum atomic E-state index is -5.08. The van der Waals surface area contributed by atoms with E-state index in [1.807, 2.05) is 18.2 Å². The molecule has 5 N–H and O–H groups in total. The number of hydrogen-bond donors (Lipinski definition) is 4. The molecule has 0 unspecified atom stereocenters. The van der Waals surface area contributed by atoms with Gasteiger partial charge in [0.05, 0.1) is 29.1 Å². The molecule has 2 aliphatic rings. The zero-order valence-electron chi connectivity index (χ0n) is 20.2. The fraction of sp³-hybridized carbons (Fsp3) is 0.320. The molecule has 3 aromatic rings. The Morgan fingerprint density at radius 1 is 1.21 bits per heavy atom. The standard InChI is InChI=1S/C23H23N5O3.C2HF3O2/c1-12-20-15(10-18(26-12)23(30)27-13-4-2-5-13)21(16(11-25-20)22(24)29)28-17-6-3-7-19-14(17)8-9-31-19;3-2(4,5)1(6)7/h3,6-7,10-11,13H,2,4-5,8-9H2,1H3,(H2,24,29)(H,25,28)(H,27,30);(H,6,7). The normalized spacial score (nSPS) is 14.4. The van der Waals surface area contributed by atoms with Crippen LogP contribution in [0.5, 0.6) is 5.75 Å². The van der Waals surface area contributed by atoms with Crippen molar-refractivity contribution in [3.05, 3.63) is 53.0 Å². The van der Waals surface area contributed by atoms with Crippen molar-refractivity contribution in [2.75, 3.05) is 11.9 Å². The molecule has 200 valence electrons. The minimum absolute atomic E-state index is 0.199. The maximum atomic E-state index is 12.8. The summed E-state index contributed by atoms with van der Waals surface area (Å²) in [5.41, 5.74) is 9.81. The third-order valence-corrected chi connectivity index (χ3v) is 6.21. The first-order valence-corrected chi connectivity index (χ1v) is 11.7. The van der Waals surface area contributed by atoms with Crippen LogP contribution >= 0.6 is 0 Å². The van der Waals surface area contributed by atoms with Crippen LogP contribution in [0, 0.1) is 6.92 Å². The number of carboxylic acid groups (broad SMARTS) is 1. The van der Waals surface area contributed by atoms with E-state index in [1.54, 1.807) is 13.0 Å². The molecule has 2 aromatic heterocycles. The highest BCUT2D eigenvalue weighted by Crippen LogP contribution is 2.36. The van der Waals surface area contributed by atoms with Gasteiger partial charge in [-0.15, -0.1) is 0 Å². The number of primary amides is 1. The summed E-state index contributed by atoms with van der Waals surface area (Å²) in [6, 6.07) is 7.62. The van der Waals surface area contributed by atoms with Gasteiger partial charge in [0.25, 0.3) is 11.8 Å². The third kappa shape index (κ3) is 5.61. The summed E-state index contributed by atoms with van der Waals surface area (Å²) in [6.45, 7) is 2.42. The average molecular weight is 531 g/mol.